The minimum Gasteiger partial charge on any atom is -0.456 e. The summed E-state index contributed by atoms with van der Waals surface area (Å²) in [5, 5.41) is 9.57. The SMILES string of the molecule is Cc1ccc2c(c1)c(=O)cc1c3cc(Oc4c(C)cccc4C)c4c5cccc6ccc(Oc7c(C)cccc7C)c(c7ccc(c(=O)n21)c3c74)c65. The molecule has 0 unspecified atom stereocenters. The van der Waals surface area contributed by atoms with E-state index in [4.69, 9.17) is 9.47 Å². The van der Waals surface area contributed by atoms with Crippen LogP contribution in [0.1, 0.15) is 27.8 Å². The molecule has 0 spiro atoms. The normalized spacial score (nSPS) is 12.1. The summed E-state index contributed by atoms with van der Waals surface area (Å²) in [6, 6.07) is 36.2. The predicted octanol–water partition coefficient (Wildman–Crippen LogP) is 11.6. The minimum absolute atomic E-state index is 0.127. The number of pyridine rings is 2. The van der Waals surface area contributed by atoms with Gasteiger partial charge in [-0.1, -0.05) is 78.4 Å². The van der Waals surface area contributed by atoms with Gasteiger partial charge in [-0.05, 0) is 103 Å². The third-order valence-corrected chi connectivity index (χ3v) is 10.9. The van der Waals surface area contributed by atoms with Crippen molar-refractivity contribution in [2.45, 2.75) is 34.6 Å². The molecule has 0 aliphatic carbocycles. The molecule has 0 saturated carbocycles. The highest BCUT2D eigenvalue weighted by Gasteiger charge is 2.25. The summed E-state index contributed by atoms with van der Waals surface area (Å²) in [5.41, 5.74) is 5.94. The third-order valence-electron chi connectivity index (χ3n) is 10.9. The third kappa shape index (κ3) is 4.11. The molecule has 0 aliphatic heterocycles. The fourth-order valence-corrected chi connectivity index (χ4v) is 8.51. The first kappa shape index (κ1) is 30.4. The van der Waals surface area contributed by atoms with Gasteiger partial charge in [0.25, 0.3) is 5.56 Å². The quantitative estimate of drug-likeness (QED) is 0.138. The largest absolute Gasteiger partial charge is 0.456 e. The maximum atomic E-state index is 14.7. The highest BCUT2D eigenvalue weighted by molar-refractivity contribution is 6.39. The second-order valence-corrected chi connectivity index (χ2v) is 14.3. The number of hydrogen-bond donors (Lipinski definition) is 0. The van der Waals surface area contributed by atoms with Gasteiger partial charge in [-0.25, -0.2) is 0 Å². The average molecular weight is 676 g/mol. The van der Waals surface area contributed by atoms with Gasteiger partial charge in [-0.15, -0.1) is 0 Å². The lowest BCUT2D eigenvalue weighted by Gasteiger charge is -2.23. The molecule has 52 heavy (non-hydrogen) atoms. The molecule has 0 N–H and O–H groups in total. The molecule has 5 nitrogen and oxygen atoms in total. The van der Waals surface area contributed by atoms with Gasteiger partial charge < -0.3 is 9.47 Å². The molecule has 0 amide bonds. The van der Waals surface area contributed by atoms with Crippen LogP contribution >= 0.6 is 0 Å². The van der Waals surface area contributed by atoms with E-state index in [0.717, 1.165) is 93.5 Å². The zero-order valence-corrected chi connectivity index (χ0v) is 29.5. The maximum absolute atomic E-state index is 14.7. The van der Waals surface area contributed by atoms with Gasteiger partial charge in [-0.2, -0.15) is 0 Å². The Labute approximate surface area is 298 Å². The molecular weight excluding hydrogens is 643 g/mol. The molecule has 0 radical (unpaired) electrons. The van der Waals surface area contributed by atoms with Gasteiger partial charge in [0, 0.05) is 49.2 Å². The van der Waals surface area contributed by atoms with Crippen molar-refractivity contribution in [3.8, 4) is 23.0 Å². The van der Waals surface area contributed by atoms with Crippen LogP contribution in [0, 0.1) is 34.6 Å². The molecule has 5 heteroatoms. The predicted molar refractivity (Wildman–Crippen MR) is 214 cm³/mol. The number of para-hydroxylation sites is 2. The molecule has 0 bridgehead atoms. The van der Waals surface area contributed by atoms with Gasteiger partial charge in [0.15, 0.2) is 5.43 Å². The fourth-order valence-electron chi connectivity index (χ4n) is 8.51. The van der Waals surface area contributed by atoms with Crippen LogP contribution in [0.5, 0.6) is 23.0 Å². The summed E-state index contributed by atoms with van der Waals surface area (Å²) in [5.74, 6) is 3.01. The van der Waals surface area contributed by atoms with Gasteiger partial charge in [0.2, 0.25) is 0 Å². The summed E-state index contributed by atoms with van der Waals surface area (Å²) in [7, 11) is 0. The number of aromatic nitrogens is 1. The number of rotatable bonds is 4. The molecular formula is C47H33NO4. The van der Waals surface area contributed by atoms with Crippen molar-refractivity contribution >= 4 is 70.3 Å². The van der Waals surface area contributed by atoms with Crippen LogP contribution in [-0.4, -0.2) is 4.40 Å². The number of aryl methyl sites for hydroxylation is 5. The van der Waals surface area contributed by atoms with E-state index < -0.39 is 0 Å². The molecule has 0 saturated heterocycles. The van der Waals surface area contributed by atoms with Crippen LogP contribution in [0.2, 0.25) is 0 Å². The van der Waals surface area contributed by atoms with E-state index >= 15 is 0 Å². The maximum Gasteiger partial charge on any atom is 0.263 e. The number of fused-ring (bicyclic) bond motifs is 6. The highest BCUT2D eigenvalue weighted by atomic mass is 16.5. The lowest BCUT2D eigenvalue weighted by molar-refractivity contribution is 0.480. The Morgan fingerprint density at radius 2 is 1.06 bits per heavy atom. The van der Waals surface area contributed by atoms with E-state index in [1.54, 1.807) is 10.5 Å². The summed E-state index contributed by atoms with van der Waals surface area (Å²) in [6.07, 6.45) is 0. The van der Waals surface area contributed by atoms with Crippen LogP contribution < -0.4 is 20.5 Å². The van der Waals surface area contributed by atoms with E-state index in [9.17, 15) is 9.59 Å². The molecule has 10 rings (SSSR count). The van der Waals surface area contributed by atoms with Gasteiger partial charge in [0.05, 0.1) is 11.0 Å². The van der Waals surface area contributed by atoms with Crippen molar-refractivity contribution in [1.29, 1.82) is 0 Å². The first-order chi connectivity index (χ1) is 25.2. The van der Waals surface area contributed by atoms with Crippen molar-refractivity contribution in [3.05, 3.63) is 158 Å². The molecule has 250 valence electrons. The lowest BCUT2D eigenvalue weighted by atomic mass is 9.86. The summed E-state index contributed by atoms with van der Waals surface area (Å²) < 4.78 is 15.6. The minimum atomic E-state index is -0.165. The Hall–Kier alpha value is -6.46. The number of ether oxygens (including phenoxy) is 2. The molecule has 8 aromatic carbocycles. The fraction of sp³-hybridized carbons (Fsp3) is 0.106. The molecule has 2 aromatic heterocycles. The molecule has 0 fully saturated rings. The Morgan fingerprint density at radius 1 is 0.442 bits per heavy atom. The second-order valence-electron chi connectivity index (χ2n) is 14.3. The van der Waals surface area contributed by atoms with Crippen LogP contribution in [0.3, 0.4) is 0 Å². The van der Waals surface area contributed by atoms with E-state index in [1.165, 1.54) is 0 Å². The topological polar surface area (TPSA) is 57.0 Å². The second kappa shape index (κ2) is 10.8. The van der Waals surface area contributed by atoms with Gasteiger partial charge in [-0.3, -0.25) is 14.0 Å². The van der Waals surface area contributed by atoms with Crippen molar-refractivity contribution in [2.75, 3.05) is 0 Å². The first-order valence-corrected chi connectivity index (χ1v) is 17.6. The Kier molecular flexibility index (Phi) is 6.29. The number of nitrogens with zero attached hydrogens (tertiary/aromatic N) is 1. The Morgan fingerprint density at radius 3 is 1.77 bits per heavy atom. The van der Waals surface area contributed by atoms with Gasteiger partial charge >= 0.3 is 0 Å². The lowest BCUT2D eigenvalue weighted by Crippen LogP contribution is -2.18. The monoisotopic (exact) mass is 675 g/mol. The van der Waals surface area contributed by atoms with Crippen molar-refractivity contribution in [3.63, 3.8) is 0 Å². The standard InChI is InChI=1S/C47H33NO4/c1-24-15-19-35-33(21-24)37(49)23-36-34-22-39(52-46-27(4)11-7-12-28(46)5)43-30-14-8-13-29-16-20-38(51-45-25(2)9-6-10-26(45)3)42(40(29)30)31-17-18-32(41(34)44(31)43)47(50)48(35)36/h6-23H,1-5H3. The molecule has 0 aliphatic rings. The number of hydrogen-bond acceptors (Lipinski definition) is 4. The average Bonchev–Trinajstić information content (AvgIpc) is 3.13. The van der Waals surface area contributed by atoms with E-state index in [1.807, 2.05) is 49.4 Å². The smallest absolute Gasteiger partial charge is 0.263 e. The highest BCUT2D eigenvalue weighted by Crippen LogP contribution is 2.51. The summed E-state index contributed by atoms with van der Waals surface area (Å²) >= 11 is 0. The van der Waals surface area contributed by atoms with Gasteiger partial charge in [0.1, 0.15) is 23.0 Å². The van der Waals surface area contributed by atoms with E-state index in [2.05, 4.69) is 88.4 Å². The molecule has 2 heterocycles. The molecule has 0 atom stereocenters. The first-order valence-electron chi connectivity index (χ1n) is 17.6. The zero-order valence-electron chi connectivity index (χ0n) is 29.5. The van der Waals surface area contributed by atoms with Crippen molar-refractivity contribution in [1.82, 2.24) is 4.40 Å². The Bertz CT molecular complexity index is 3240. The summed E-state index contributed by atoms with van der Waals surface area (Å²) in [4.78, 5) is 28.5. The van der Waals surface area contributed by atoms with Crippen molar-refractivity contribution < 1.29 is 9.47 Å². The Balaban J connectivity index is 1.45. The van der Waals surface area contributed by atoms with E-state index in [0.29, 0.717) is 27.6 Å². The van der Waals surface area contributed by atoms with Crippen LogP contribution in [-0.2, 0) is 0 Å². The van der Waals surface area contributed by atoms with Crippen molar-refractivity contribution in [2.24, 2.45) is 0 Å². The van der Waals surface area contributed by atoms with Crippen LogP contribution in [0.15, 0.2) is 119 Å². The zero-order chi connectivity index (χ0) is 35.6. The van der Waals surface area contributed by atoms with Crippen LogP contribution in [0.25, 0.3) is 70.3 Å². The summed E-state index contributed by atoms with van der Waals surface area (Å²) in [6.45, 7) is 10.2. The van der Waals surface area contributed by atoms with E-state index in [-0.39, 0.29) is 11.0 Å². The molecule has 10 aromatic rings. The van der Waals surface area contributed by atoms with Crippen LogP contribution in [0.4, 0.5) is 0 Å². The number of benzene rings is 8.